The molecular formula is C22H40FNO. The van der Waals surface area contributed by atoms with Crippen molar-refractivity contribution in [1.29, 1.82) is 0 Å². The molecule has 0 unspecified atom stereocenters. The minimum atomic E-state index is -0.123. The predicted octanol–water partition coefficient (Wildman–Crippen LogP) is 5.81. The number of carbonyl (C=O) groups excluding carboxylic acids is 1. The molecule has 2 saturated carbocycles. The van der Waals surface area contributed by atoms with Gasteiger partial charge in [0.15, 0.2) is 0 Å². The molecule has 2 rings (SSSR count). The van der Waals surface area contributed by atoms with Gasteiger partial charge in [-0.2, -0.15) is 0 Å². The maximum Gasteiger partial charge on any atom is 0.142 e. The quantitative estimate of drug-likeness (QED) is 0.311. The van der Waals surface area contributed by atoms with Crippen molar-refractivity contribution in [3.8, 4) is 0 Å². The van der Waals surface area contributed by atoms with E-state index in [1.165, 1.54) is 70.3 Å². The number of carbonyl (C=O) groups is 1. The molecule has 0 heterocycles. The van der Waals surface area contributed by atoms with Gasteiger partial charge in [-0.25, -0.2) is 0 Å². The zero-order chi connectivity index (χ0) is 18.5. The standard InChI is InChI=1S/C19H36FN.C3H4O/c1-21(2)19-13-11-18(12-14-19)17-9-7-16(8-10-17)6-4-3-5-15-20;1-2-3-4/h16-19H,3-15H2,1-2H3;2-3H,1H2. The number of hydrogen-bond acceptors (Lipinski definition) is 2. The third-order valence-electron chi connectivity index (χ3n) is 6.37. The van der Waals surface area contributed by atoms with Crippen molar-refractivity contribution in [1.82, 2.24) is 4.90 Å². The molecule has 0 spiro atoms. The lowest BCUT2D eigenvalue weighted by Gasteiger charge is -2.39. The summed E-state index contributed by atoms with van der Waals surface area (Å²) in [6.07, 6.45) is 18.0. The highest BCUT2D eigenvalue weighted by molar-refractivity contribution is 5.63. The molecule has 0 N–H and O–H groups in total. The Bertz CT molecular complexity index is 336. The average Bonchev–Trinajstić information content (AvgIpc) is 2.66. The highest BCUT2D eigenvalue weighted by Gasteiger charge is 2.31. The molecular weight excluding hydrogens is 313 g/mol. The van der Waals surface area contributed by atoms with Gasteiger partial charge < -0.3 is 4.90 Å². The number of halogens is 1. The summed E-state index contributed by atoms with van der Waals surface area (Å²) in [4.78, 5) is 11.5. The van der Waals surface area contributed by atoms with Crippen molar-refractivity contribution in [2.45, 2.75) is 83.1 Å². The van der Waals surface area contributed by atoms with Gasteiger partial charge in [-0.1, -0.05) is 38.7 Å². The van der Waals surface area contributed by atoms with E-state index < -0.39 is 0 Å². The minimum absolute atomic E-state index is 0.123. The van der Waals surface area contributed by atoms with Crippen LogP contribution in [0.1, 0.15) is 77.0 Å². The topological polar surface area (TPSA) is 20.3 Å². The zero-order valence-corrected chi connectivity index (χ0v) is 16.6. The molecule has 0 radical (unpaired) electrons. The summed E-state index contributed by atoms with van der Waals surface area (Å²) in [5.41, 5.74) is 0. The number of aldehydes is 1. The van der Waals surface area contributed by atoms with Crippen LogP contribution < -0.4 is 0 Å². The summed E-state index contributed by atoms with van der Waals surface area (Å²) in [5.74, 6) is 3.00. The maximum absolute atomic E-state index is 12.1. The molecule has 0 aliphatic heterocycles. The normalized spacial score (nSPS) is 29.6. The summed E-state index contributed by atoms with van der Waals surface area (Å²) in [5, 5.41) is 0. The largest absolute Gasteiger partial charge is 0.306 e. The van der Waals surface area contributed by atoms with Crippen LogP contribution in [0.4, 0.5) is 4.39 Å². The molecule has 2 fully saturated rings. The molecule has 0 bridgehead atoms. The van der Waals surface area contributed by atoms with Gasteiger partial charge in [0.1, 0.15) is 6.29 Å². The van der Waals surface area contributed by atoms with Crippen molar-refractivity contribution >= 4 is 6.29 Å². The third kappa shape index (κ3) is 8.99. The van der Waals surface area contributed by atoms with Crippen LogP contribution in [0.15, 0.2) is 12.7 Å². The summed E-state index contributed by atoms with van der Waals surface area (Å²) < 4.78 is 12.1. The average molecular weight is 354 g/mol. The Morgan fingerprint density at radius 3 is 1.88 bits per heavy atom. The van der Waals surface area contributed by atoms with Crippen LogP contribution in [-0.2, 0) is 4.79 Å². The van der Waals surface area contributed by atoms with Crippen molar-refractivity contribution in [2.75, 3.05) is 20.8 Å². The molecule has 0 amide bonds. The zero-order valence-electron chi connectivity index (χ0n) is 16.6. The first-order valence-electron chi connectivity index (χ1n) is 10.4. The highest BCUT2D eigenvalue weighted by Crippen LogP contribution is 2.41. The van der Waals surface area contributed by atoms with Crippen LogP contribution in [0, 0.1) is 17.8 Å². The maximum atomic E-state index is 12.1. The third-order valence-corrected chi connectivity index (χ3v) is 6.37. The Kier molecular flexibility index (Phi) is 12.1. The van der Waals surface area contributed by atoms with Gasteiger partial charge in [0.2, 0.25) is 0 Å². The van der Waals surface area contributed by atoms with Gasteiger partial charge in [-0.15, -0.1) is 0 Å². The molecule has 2 aliphatic carbocycles. The lowest BCUT2D eigenvalue weighted by atomic mass is 9.69. The molecule has 0 atom stereocenters. The smallest absolute Gasteiger partial charge is 0.142 e. The van der Waals surface area contributed by atoms with E-state index in [0.29, 0.717) is 6.29 Å². The fourth-order valence-electron chi connectivity index (χ4n) is 4.74. The van der Waals surface area contributed by atoms with Gasteiger partial charge in [-0.3, -0.25) is 9.18 Å². The Labute approximate surface area is 155 Å². The SMILES string of the molecule is C=CC=O.CN(C)C1CCC(C2CCC(CCCCCF)CC2)CC1. The lowest BCUT2D eigenvalue weighted by Crippen LogP contribution is -2.34. The second-order valence-corrected chi connectivity index (χ2v) is 8.22. The Morgan fingerprint density at radius 2 is 1.44 bits per heavy atom. The van der Waals surface area contributed by atoms with Crippen molar-refractivity contribution in [3.05, 3.63) is 12.7 Å². The number of allylic oxidation sites excluding steroid dienone is 1. The van der Waals surface area contributed by atoms with Crippen LogP contribution >= 0.6 is 0 Å². The number of nitrogens with zero attached hydrogens (tertiary/aromatic N) is 1. The Hall–Kier alpha value is -0.700. The van der Waals surface area contributed by atoms with Crippen LogP contribution in [0.25, 0.3) is 0 Å². The van der Waals surface area contributed by atoms with E-state index in [2.05, 4.69) is 25.6 Å². The van der Waals surface area contributed by atoms with Gasteiger partial charge in [0.05, 0.1) is 6.67 Å². The van der Waals surface area contributed by atoms with Crippen molar-refractivity contribution in [3.63, 3.8) is 0 Å². The second-order valence-electron chi connectivity index (χ2n) is 8.22. The second kappa shape index (κ2) is 13.5. The fraction of sp³-hybridized carbons (Fsp3) is 0.864. The highest BCUT2D eigenvalue weighted by atomic mass is 19.1. The molecule has 146 valence electrons. The van der Waals surface area contributed by atoms with E-state index in [9.17, 15) is 4.39 Å². The molecule has 3 heteroatoms. The molecule has 2 nitrogen and oxygen atoms in total. The molecule has 2 aliphatic rings. The first-order valence-corrected chi connectivity index (χ1v) is 10.4. The van der Waals surface area contributed by atoms with E-state index in [4.69, 9.17) is 4.79 Å². The number of hydrogen-bond donors (Lipinski definition) is 0. The van der Waals surface area contributed by atoms with Crippen LogP contribution in [0.2, 0.25) is 0 Å². The molecule has 0 saturated heterocycles. The van der Waals surface area contributed by atoms with E-state index in [1.54, 1.807) is 0 Å². The number of unbranched alkanes of at least 4 members (excludes halogenated alkanes) is 2. The van der Waals surface area contributed by atoms with Gasteiger partial charge in [0, 0.05) is 6.04 Å². The summed E-state index contributed by atoms with van der Waals surface area (Å²) >= 11 is 0. The summed E-state index contributed by atoms with van der Waals surface area (Å²) in [6, 6.07) is 0.841. The molecule has 0 aromatic carbocycles. The van der Waals surface area contributed by atoms with Crippen LogP contribution in [0.5, 0.6) is 0 Å². The summed E-state index contributed by atoms with van der Waals surface area (Å²) in [7, 11) is 4.47. The van der Waals surface area contributed by atoms with Gasteiger partial charge >= 0.3 is 0 Å². The first kappa shape index (κ1) is 22.3. The predicted molar refractivity (Wildman–Crippen MR) is 106 cm³/mol. The first-order chi connectivity index (χ1) is 12.1. The van der Waals surface area contributed by atoms with Gasteiger partial charge in [0.25, 0.3) is 0 Å². The monoisotopic (exact) mass is 353 g/mol. The molecule has 25 heavy (non-hydrogen) atoms. The van der Waals surface area contributed by atoms with E-state index in [0.717, 1.165) is 36.6 Å². The Balaban J connectivity index is 0.000000705. The van der Waals surface area contributed by atoms with Crippen molar-refractivity contribution in [2.24, 2.45) is 17.8 Å². The number of alkyl halides is 1. The van der Waals surface area contributed by atoms with Crippen LogP contribution in [0.3, 0.4) is 0 Å². The molecule has 0 aromatic heterocycles. The fourth-order valence-corrected chi connectivity index (χ4v) is 4.74. The Morgan fingerprint density at radius 1 is 0.920 bits per heavy atom. The lowest BCUT2D eigenvalue weighted by molar-refractivity contribution is -0.104. The molecule has 0 aromatic rings. The van der Waals surface area contributed by atoms with Gasteiger partial charge in [-0.05, 0) is 82.9 Å². The van der Waals surface area contributed by atoms with E-state index >= 15 is 0 Å². The van der Waals surface area contributed by atoms with Crippen molar-refractivity contribution < 1.29 is 9.18 Å². The summed E-state index contributed by atoms with van der Waals surface area (Å²) in [6.45, 7) is 2.99. The van der Waals surface area contributed by atoms with E-state index in [-0.39, 0.29) is 6.67 Å². The van der Waals surface area contributed by atoms with Crippen LogP contribution in [-0.4, -0.2) is 38.0 Å². The minimum Gasteiger partial charge on any atom is -0.306 e. The van der Waals surface area contributed by atoms with E-state index in [1.807, 2.05) is 0 Å². The number of rotatable bonds is 8.